The molecule has 2 aromatic carbocycles. The van der Waals surface area contributed by atoms with Gasteiger partial charge in [-0.15, -0.1) is 0 Å². The third kappa shape index (κ3) is 3.82. The molecule has 3 heteroatoms. The Hall–Kier alpha value is -1.68. The van der Waals surface area contributed by atoms with E-state index in [0.717, 1.165) is 26.2 Å². The summed E-state index contributed by atoms with van der Waals surface area (Å²) < 4.78 is 6.77. The van der Waals surface area contributed by atoms with Crippen molar-refractivity contribution in [1.82, 2.24) is 9.80 Å². The summed E-state index contributed by atoms with van der Waals surface area (Å²) in [5, 5.41) is 0. The fourth-order valence-corrected chi connectivity index (χ4v) is 4.93. The summed E-state index contributed by atoms with van der Waals surface area (Å²) in [7, 11) is 0. The molecule has 2 aromatic rings. The Bertz CT molecular complexity index is 691. The van der Waals surface area contributed by atoms with Crippen LogP contribution in [0.3, 0.4) is 0 Å². The number of fused-ring (bicyclic) bond motifs is 2. The molecule has 0 radical (unpaired) electrons. The van der Waals surface area contributed by atoms with E-state index in [-0.39, 0.29) is 23.3 Å². The Morgan fingerprint density at radius 3 is 1.44 bits per heavy atom. The lowest BCUT2D eigenvalue weighted by Crippen LogP contribution is -2.69. The minimum absolute atomic E-state index is 0.0799. The molecule has 0 aromatic heterocycles. The zero-order valence-electron chi connectivity index (χ0n) is 17.1. The van der Waals surface area contributed by atoms with Crippen molar-refractivity contribution < 1.29 is 4.74 Å². The van der Waals surface area contributed by atoms with Crippen molar-refractivity contribution >= 4 is 0 Å². The molecule has 0 N–H and O–H groups in total. The third-order valence-electron chi connectivity index (χ3n) is 5.94. The van der Waals surface area contributed by atoms with E-state index in [2.05, 4.69) is 98.2 Å². The number of benzene rings is 2. The monoisotopic (exact) mass is 364 g/mol. The molecule has 0 spiro atoms. The Balaban J connectivity index is 1.57. The Labute approximate surface area is 163 Å². The summed E-state index contributed by atoms with van der Waals surface area (Å²) in [5.74, 6) is 0. The van der Waals surface area contributed by atoms with Crippen LogP contribution in [-0.2, 0) is 17.8 Å². The molecule has 2 saturated heterocycles. The second-order valence-corrected chi connectivity index (χ2v) is 9.60. The normalized spacial score (nSPS) is 27.4. The lowest BCUT2D eigenvalue weighted by molar-refractivity contribution is -0.314. The van der Waals surface area contributed by atoms with E-state index in [9.17, 15) is 0 Å². The van der Waals surface area contributed by atoms with Crippen LogP contribution in [0.4, 0.5) is 0 Å². The van der Waals surface area contributed by atoms with Crippen LogP contribution in [0, 0.1) is 10.8 Å². The van der Waals surface area contributed by atoms with Crippen molar-refractivity contribution in [3.63, 3.8) is 0 Å². The molecule has 0 amide bonds. The number of nitrogens with zero attached hydrogens (tertiary/aromatic N) is 2. The average molecular weight is 365 g/mol. The van der Waals surface area contributed by atoms with Gasteiger partial charge < -0.3 is 4.74 Å². The Morgan fingerprint density at radius 2 is 1.07 bits per heavy atom. The molecule has 4 rings (SSSR count). The Kier molecular flexibility index (Phi) is 4.87. The summed E-state index contributed by atoms with van der Waals surface area (Å²) in [6, 6.07) is 21.6. The smallest absolute Gasteiger partial charge is 0.119 e. The van der Waals surface area contributed by atoms with Crippen LogP contribution < -0.4 is 0 Å². The molecule has 2 heterocycles. The molecule has 0 saturated carbocycles. The van der Waals surface area contributed by atoms with Gasteiger partial charge in [0.05, 0.1) is 0 Å². The van der Waals surface area contributed by atoms with Gasteiger partial charge in [-0.1, -0.05) is 88.4 Å². The summed E-state index contributed by atoms with van der Waals surface area (Å²) in [6.45, 7) is 13.4. The fraction of sp³-hybridized carbons (Fsp3) is 0.500. The van der Waals surface area contributed by atoms with E-state index < -0.39 is 0 Å². The molecule has 2 aliphatic heterocycles. The van der Waals surface area contributed by atoms with Crippen molar-refractivity contribution in [2.45, 2.75) is 53.2 Å². The molecule has 0 unspecified atom stereocenters. The minimum atomic E-state index is 0.0799. The van der Waals surface area contributed by atoms with E-state index in [1.807, 2.05) is 0 Å². The van der Waals surface area contributed by atoms with Crippen LogP contribution in [0.1, 0.15) is 38.8 Å². The first-order valence-electron chi connectivity index (χ1n) is 10.1. The summed E-state index contributed by atoms with van der Waals surface area (Å²) in [5.41, 5.74) is 2.88. The van der Waals surface area contributed by atoms with Crippen LogP contribution in [0.25, 0.3) is 0 Å². The van der Waals surface area contributed by atoms with E-state index in [1.54, 1.807) is 0 Å². The maximum atomic E-state index is 6.77. The average Bonchev–Trinajstić information content (AvgIpc) is 2.61. The molecular formula is C24H32N2O. The Morgan fingerprint density at radius 1 is 0.704 bits per heavy atom. The van der Waals surface area contributed by atoms with E-state index in [1.165, 1.54) is 11.1 Å². The molecule has 2 fully saturated rings. The highest BCUT2D eigenvalue weighted by Crippen LogP contribution is 2.45. The fourth-order valence-electron chi connectivity index (χ4n) is 4.93. The number of rotatable bonds is 4. The molecular weight excluding hydrogens is 332 g/mol. The van der Waals surface area contributed by atoms with Gasteiger partial charge in [-0.25, -0.2) is 0 Å². The van der Waals surface area contributed by atoms with Gasteiger partial charge in [0.2, 0.25) is 0 Å². The lowest BCUT2D eigenvalue weighted by Gasteiger charge is -2.60. The second-order valence-electron chi connectivity index (χ2n) is 9.60. The SMILES string of the molecule is CC1(C)CN(Cc2ccccc2)[C@@H]2O[C@@H]1N(Cc1ccccc1)CC2(C)C. The van der Waals surface area contributed by atoms with Crippen molar-refractivity contribution in [3.8, 4) is 0 Å². The van der Waals surface area contributed by atoms with Gasteiger partial charge in [0.1, 0.15) is 12.5 Å². The first-order chi connectivity index (χ1) is 12.9. The summed E-state index contributed by atoms with van der Waals surface area (Å²) >= 11 is 0. The maximum Gasteiger partial charge on any atom is 0.119 e. The van der Waals surface area contributed by atoms with Gasteiger partial charge in [0.15, 0.2) is 0 Å². The highest BCUT2D eigenvalue weighted by Gasteiger charge is 2.53. The molecule has 27 heavy (non-hydrogen) atoms. The van der Waals surface area contributed by atoms with Crippen LogP contribution in [0.2, 0.25) is 0 Å². The highest BCUT2D eigenvalue weighted by atomic mass is 16.5. The zero-order valence-corrected chi connectivity index (χ0v) is 17.1. The zero-order chi connectivity index (χ0) is 19.1. The van der Waals surface area contributed by atoms with Crippen LogP contribution in [0.15, 0.2) is 60.7 Å². The van der Waals surface area contributed by atoms with Gasteiger partial charge in [0.25, 0.3) is 0 Å². The van der Waals surface area contributed by atoms with Crippen molar-refractivity contribution in [2.24, 2.45) is 10.8 Å². The van der Waals surface area contributed by atoms with Crippen LogP contribution in [-0.4, -0.2) is 35.3 Å². The number of ether oxygens (including phenoxy) is 1. The first kappa shape index (κ1) is 18.7. The van der Waals surface area contributed by atoms with Crippen LogP contribution >= 0.6 is 0 Å². The topological polar surface area (TPSA) is 15.7 Å². The quantitative estimate of drug-likeness (QED) is 0.779. The van der Waals surface area contributed by atoms with Gasteiger partial charge in [-0.2, -0.15) is 0 Å². The number of hydrogen-bond acceptors (Lipinski definition) is 3. The van der Waals surface area contributed by atoms with Crippen LogP contribution in [0.5, 0.6) is 0 Å². The predicted octanol–water partition coefficient (Wildman–Crippen LogP) is 4.74. The van der Waals surface area contributed by atoms with Crippen molar-refractivity contribution in [3.05, 3.63) is 71.8 Å². The second kappa shape index (κ2) is 7.05. The van der Waals surface area contributed by atoms with Crippen molar-refractivity contribution in [1.29, 1.82) is 0 Å². The lowest BCUT2D eigenvalue weighted by atomic mass is 9.78. The maximum absolute atomic E-state index is 6.77. The van der Waals surface area contributed by atoms with E-state index in [0.29, 0.717) is 0 Å². The molecule has 144 valence electrons. The molecule has 2 atom stereocenters. The summed E-state index contributed by atoms with van der Waals surface area (Å²) in [6.07, 6.45) is 0.311. The van der Waals surface area contributed by atoms with Gasteiger partial charge in [0, 0.05) is 37.0 Å². The highest BCUT2D eigenvalue weighted by molar-refractivity contribution is 5.17. The standard InChI is InChI=1S/C24H32N2O/c1-23(2)17-25(15-19-11-7-5-8-12-19)22-24(3,4)18-26(21(23)27-22)16-20-13-9-6-10-14-20/h5-14,21-22H,15-18H2,1-4H3/t21-,22+. The van der Waals surface area contributed by atoms with Crippen molar-refractivity contribution in [2.75, 3.05) is 13.1 Å². The van der Waals surface area contributed by atoms with E-state index in [4.69, 9.17) is 4.74 Å². The van der Waals surface area contributed by atoms with Gasteiger partial charge in [-0.05, 0) is 11.1 Å². The molecule has 0 aliphatic carbocycles. The predicted molar refractivity (Wildman–Crippen MR) is 110 cm³/mol. The third-order valence-corrected chi connectivity index (χ3v) is 5.94. The number of hydrogen-bond donors (Lipinski definition) is 0. The molecule has 3 nitrogen and oxygen atoms in total. The first-order valence-corrected chi connectivity index (χ1v) is 10.1. The van der Waals surface area contributed by atoms with Gasteiger partial charge in [-0.3, -0.25) is 9.80 Å². The largest absolute Gasteiger partial charge is 0.344 e. The van der Waals surface area contributed by atoms with E-state index >= 15 is 0 Å². The molecule has 2 bridgehead atoms. The van der Waals surface area contributed by atoms with Gasteiger partial charge >= 0.3 is 0 Å². The summed E-state index contributed by atoms with van der Waals surface area (Å²) in [4.78, 5) is 5.09. The molecule has 2 aliphatic rings. The minimum Gasteiger partial charge on any atom is -0.344 e.